The van der Waals surface area contributed by atoms with E-state index in [9.17, 15) is 15.2 Å². The van der Waals surface area contributed by atoms with Crippen molar-refractivity contribution >= 4 is 22.9 Å². The molecule has 10 heteroatoms. The number of aromatic nitrogens is 5. The van der Waals surface area contributed by atoms with E-state index in [1.807, 2.05) is 18.2 Å². The molecule has 0 fully saturated rings. The normalized spacial score (nSPS) is 10.9. The van der Waals surface area contributed by atoms with Crippen LogP contribution in [-0.4, -0.2) is 36.7 Å². The highest BCUT2D eigenvalue weighted by Crippen LogP contribution is 2.25. The van der Waals surface area contributed by atoms with Crippen molar-refractivity contribution in [3.63, 3.8) is 0 Å². The Labute approximate surface area is 153 Å². The van der Waals surface area contributed by atoms with Gasteiger partial charge in [-0.3, -0.25) is 4.98 Å². The predicted octanol–water partition coefficient (Wildman–Crippen LogP) is 1.88. The molecule has 0 aliphatic rings. The number of carbonyl (C=O) groups is 1. The lowest BCUT2D eigenvalue weighted by molar-refractivity contribution is 0.0697. The second kappa shape index (κ2) is 8.21. The summed E-state index contributed by atoms with van der Waals surface area (Å²) in [5, 5.41) is 37.8. The molecule has 134 valence electrons. The highest BCUT2D eigenvalue weighted by Gasteiger charge is 2.10. The number of tetrazole rings is 1. The number of pyridine rings is 1. The average Bonchev–Trinajstić information content (AvgIpc) is 3.22. The Morgan fingerprint density at radius 1 is 1.33 bits per heavy atom. The van der Waals surface area contributed by atoms with Gasteiger partial charge >= 0.3 is 5.97 Å². The molecule has 0 saturated carbocycles. The molecule has 3 rings (SSSR count). The Morgan fingerprint density at radius 3 is 2.89 bits per heavy atom. The second-order valence-corrected chi connectivity index (χ2v) is 5.33. The molecule has 0 aliphatic heterocycles. The van der Waals surface area contributed by atoms with Crippen molar-refractivity contribution in [3.8, 4) is 6.07 Å². The number of nitrogens with zero attached hydrogens (tertiary/aromatic N) is 5. The number of hydrogen-bond donors (Lipinski definition) is 4. The number of nitriles is 1. The zero-order valence-corrected chi connectivity index (χ0v) is 13.9. The molecule has 0 spiro atoms. The van der Waals surface area contributed by atoms with Gasteiger partial charge in [0.1, 0.15) is 11.6 Å². The van der Waals surface area contributed by atoms with E-state index in [4.69, 9.17) is 0 Å². The summed E-state index contributed by atoms with van der Waals surface area (Å²) in [4.78, 5) is 15.3. The van der Waals surface area contributed by atoms with Gasteiger partial charge in [0.2, 0.25) is 5.82 Å². The molecule has 0 radical (unpaired) electrons. The molecule has 0 amide bonds. The Kier molecular flexibility index (Phi) is 5.34. The van der Waals surface area contributed by atoms with E-state index in [1.165, 1.54) is 18.3 Å². The molecule has 0 bridgehead atoms. The highest BCUT2D eigenvalue weighted by molar-refractivity contribution is 5.91. The minimum Gasteiger partial charge on any atom is -0.478 e. The van der Waals surface area contributed by atoms with Crippen LogP contribution in [0.2, 0.25) is 0 Å². The zero-order chi connectivity index (χ0) is 19.1. The summed E-state index contributed by atoms with van der Waals surface area (Å²) in [5.74, 6) is -0.927. The number of anilines is 2. The third-order valence-electron chi connectivity index (χ3n) is 3.55. The summed E-state index contributed by atoms with van der Waals surface area (Å²) in [6.07, 6.45) is 4.81. The maximum atomic E-state index is 11.3. The van der Waals surface area contributed by atoms with Crippen LogP contribution in [0.1, 0.15) is 21.7 Å². The summed E-state index contributed by atoms with van der Waals surface area (Å²) in [7, 11) is 0. The third-order valence-corrected chi connectivity index (χ3v) is 3.55. The van der Waals surface area contributed by atoms with E-state index in [0.717, 1.165) is 5.56 Å². The largest absolute Gasteiger partial charge is 0.478 e. The summed E-state index contributed by atoms with van der Waals surface area (Å²) < 4.78 is 0. The summed E-state index contributed by atoms with van der Waals surface area (Å²) in [6.45, 7) is 0.495. The molecule has 0 unspecified atom stereocenters. The maximum Gasteiger partial charge on any atom is 0.335 e. The smallest absolute Gasteiger partial charge is 0.335 e. The van der Waals surface area contributed by atoms with E-state index in [-0.39, 0.29) is 17.0 Å². The van der Waals surface area contributed by atoms with Gasteiger partial charge in [-0.05, 0) is 35.0 Å². The average molecular weight is 362 g/mol. The molecular weight excluding hydrogens is 348 g/mol. The molecule has 3 aromatic rings. The van der Waals surface area contributed by atoms with Gasteiger partial charge in [-0.15, -0.1) is 10.2 Å². The lowest BCUT2D eigenvalue weighted by Gasteiger charge is -2.13. The zero-order valence-electron chi connectivity index (χ0n) is 13.9. The second-order valence-electron chi connectivity index (χ2n) is 5.33. The molecular formula is C17H14N8O2. The van der Waals surface area contributed by atoms with Crippen LogP contribution < -0.4 is 10.6 Å². The van der Waals surface area contributed by atoms with Gasteiger partial charge in [-0.25, -0.2) is 4.79 Å². The van der Waals surface area contributed by atoms with Crippen LogP contribution in [0.4, 0.5) is 11.4 Å². The van der Waals surface area contributed by atoms with Crippen LogP contribution >= 0.6 is 0 Å². The topological polar surface area (TPSA) is 152 Å². The molecule has 2 aromatic heterocycles. The van der Waals surface area contributed by atoms with Crippen molar-refractivity contribution < 1.29 is 9.90 Å². The number of aromatic carboxylic acids is 1. The van der Waals surface area contributed by atoms with Crippen LogP contribution in [0, 0.1) is 11.3 Å². The molecule has 0 aliphatic carbocycles. The number of rotatable bonds is 7. The standard InChI is InChI=1S/C17H14N8O2/c18-7-13(16-22-24-25-23-16)10-21-15-6-12(17(26)27)3-4-14(15)20-9-11-2-1-5-19-8-11/h1-6,8,10,20-21H,9H2,(H,26,27)(H,22,23,24,25). The van der Waals surface area contributed by atoms with Gasteiger partial charge in [0.25, 0.3) is 0 Å². The molecule has 10 nitrogen and oxygen atoms in total. The predicted molar refractivity (Wildman–Crippen MR) is 96.4 cm³/mol. The SMILES string of the molecule is N#CC(=CNc1cc(C(=O)O)ccc1NCc1cccnc1)c1nn[nH]n1. The van der Waals surface area contributed by atoms with Crippen molar-refractivity contribution in [1.29, 1.82) is 5.26 Å². The van der Waals surface area contributed by atoms with Gasteiger partial charge in [0.05, 0.1) is 16.9 Å². The number of carboxylic acids is 1. The summed E-state index contributed by atoms with van der Waals surface area (Å²) in [6, 6.07) is 10.3. The van der Waals surface area contributed by atoms with Crippen molar-refractivity contribution in [1.82, 2.24) is 25.6 Å². The van der Waals surface area contributed by atoms with Crippen molar-refractivity contribution in [2.45, 2.75) is 6.54 Å². The molecule has 4 N–H and O–H groups in total. The van der Waals surface area contributed by atoms with Crippen LogP contribution in [0.5, 0.6) is 0 Å². The summed E-state index contributed by atoms with van der Waals surface area (Å²) >= 11 is 0. The first kappa shape index (κ1) is 17.6. The van der Waals surface area contributed by atoms with Crippen LogP contribution in [0.25, 0.3) is 5.57 Å². The van der Waals surface area contributed by atoms with Gasteiger partial charge < -0.3 is 15.7 Å². The fraction of sp³-hybridized carbons (Fsp3) is 0.0588. The van der Waals surface area contributed by atoms with E-state index < -0.39 is 5.97 Å². The van der Waals surface area contributed by atoms with Crippen molar-refractivity contribution in [2.24, 2.45) is 0 Å². The minimum atomic E-state index is -1.06. The molecule has 0 atom stereocenters. The maximum absolute atomic E-state index is 11.3. The Morgan fingerprint density at radius 2 is 2.22 bits per heavy atom. The van der Waals surface area contributed by atoms with Crippen molar-refractivity contribution in [3.05, 3.63) is 65.9 Å². The van der Waals surface area contributed by atoms with E-state index in [0.29, 0.717) is 17.9 Å². The number of hydrogen-bond acceptors (Lipinski definition) is 8. The quantitative estimate of drug-likeness (QED) is 0.461. The highest BCUT2D eigenvalue weighted by atomic mass is 16.4. The van der Waals surface area contributed by atoms with Crippen LogP contribution in [0.3, 0.4) is 0 Å². The number of aromatic amines is 1. The van der Waals surface area contributed by atoms with Crippen LogP contribution in [-0.2, 0) is 6.54 Å². The number of carboxylic acid groups (broad SMARTS) is 1. The van der Waals surface area contributed by atoms with Gasteiger partial charge in [-0.2, -0.15) is 10.5 Å². The molecule has 1 aromatic carbocycles. The number of nitrogens with one attached hydrogen (secondary N) is 3. The number of benzene rings is 1. The van der Waals surface area contributed by atoms with E-state index in [1.54, 1.807) is 18.5 Å². The van der Waals surface area contributed by atoms with Gasteiger partial charge in [-0.1, -0.05) is 6.07 Å². The van der Waals surface area contributed by atoms with Crippen LogP contribution in [0.15, 0.2) is 48.9 Å². The van der Waals surface area contributed by atoms with E-state index >= 15 is 0 Å². The molecule has 0 saturated heterocycles. The van der Waals surface area contributed by atoms with Gasteiger partial charge in [0.15, 0.2) is 0 Å². The summed E-state index contributed by atoms with van der Waals surface area (Å²) in [5.41, 5.74) is 2.35. The third kappa shape index (κ3) is 4.43. The fourth-order valence-corrected chi connectivity index (χ4v) is 2.22. The number of allylic oxidation sites excluding steroid dienone is 1. The van der Waals surface area contributed by atoms with Crippen molar-refractivity contribution in [2.75, 3.05) is 10.6 Å². The lowest BCUT2D eigenvalue weighted by atomic mass is 10.1. The molecule has 2 heterocycles. The Balaban J connectivity index is 1.85. The minimum absolute atomic E-state index is 0.107. The monoisotopic (exact) mass is 362 g/mol. The first-order valence-corrected chi connectivity index (χ1v) is 7.78. The number of H-pyrrole nitrogens is 1. The Hall–Kier alpha value is -4.26. The molecule has 27 heavy (non-hydrogen) atoms. The van der Waals surface area contributed by atoms with E-state index in [2.05, 4.69) is 36.2 Å². The van der Waals surface area contributed by atoms with Gasteiger partial charge in [0, 0.05) is 25.1 Å². The Bertz CT molecular complexity index is 994. The fourth-order valence-electron chi connectivity index (χ4n) is 2.22. The first-order chi connectivity index (χ1) is 13.2. The first-order valence-electron chi connectivity index (χ1n) is 7.78. The lowest BCUT2D eigenvalue weighted by Crippen LogP contribution is -2.05.